The van der Waals surface area contributed by atoms with E-state index < -0.39 is 0 Å². The Morgan fingerprint density at radius 3 is 2.56 bits per heavy atom. The molecule has 0 saturated heterocycles. The fraction of sp³-hybridized carbons (Fsp3) is 0.200. The normalized spacial score (nSPS) is 10.6. The number of amides is 2. The van der Waals surface area contributed by atoms with Crippen LogP contribution in [-0.4, -0.2) is 41.8 Å². The number of H-pyrrole nitrogens is 1. The fourth-order valence-corrected chi connectivity index (χ4v) is 2.73. The molecule has 5 nitrogen and oxygen atoms in total. The van der Waals surface area contributed by atoms with Gasteiger partial charge in [0.2, 0.25) is 5.91 Å². The molecule has 2 aromatic carbocycles. The van der Waals surface area contributed by atoms with Gasteiger partial charge in [-0.25, -0.2) is 0 Å². The first kappa shape index (κ1) is 16.8. The number of para-hydroxylation sites is 1. The largest absolute Gasteiger partial charge is 0.361 e. The van der Waals surface area contributed by atoms with Gasteiger partial charge in [-0.15, -0.1) is 0 Å². The third kappa shape index (κ3) is 4.07. The second-order valence-electron chi connectivity index (χ2n) is 5.97. The summed E-state index contributed by atoms with van der Waals surface area (Å²) in [5, 5.41) is 3.85. The van der Waals surface area contributed by atoms with Crippen molar-refractivity contribution in [3.05, 3.63) is 71.9 Å². The molecule has 0 bridgehead atoms. The van der Waals surface area contributed by atoms with Crippen molar-refractivity contribution in [1.82, 2.24) is 15.2 Å². The summed E-state index contributed by atoms with van der Waals surface area (Å²) in [5.41, 5.74) is 2.84. The molecule has 0 aliphatic heterocycles. The Kier molecular flexibility index (Phi) is 5.14. The van der Waals surface area contributed by atoms with Crippen LogP contribution in [0.25, 0.3) is 10.9 Å². The number of aromatic amines is 1. The van der Waals surface area contributed by atoms with Crippen LogP contribution in [-0.2, 0) is 11.2 Å². The Bertz CT molecular complexity index is 871. The number of carbonyl (C=O) groups excluding carboxylic acids is 2. The molecule has 0 spiro atoms. The van der Waals surface area contributed by atoms with E-state index >= 15 is 0 Å². The summed E-state index contributed by atoms with van der Waals surface area (Å²) >= 11 is 0. The van der Waals surface area contributed by atoms with Gasteiger partial charge in [0.25, 0.3) is 5.91 Å². The molecule has 5 heteroatoms. The number of hydrogen-bond donors (Lipinski definition) is 2. The first-order valence-electron chi connectivity index (χ1n) is 8.27. The van der Waals surface area contributed by atoms with Crippen molar-refractivity contribution in [2.45, 2.75) is 6.42 Å². The van der Waals surface area contributed by atoms with Gasteiger partial charge in [0.05, 0.1) is 6.54 Å². The Labute approximate surface area is 146 Å². The van der Waals surface area contributed by atoms with Gasteiger partial charge in [-0.2, -0.15) is 0 Å². The van der Waals surface area contributed by atoms with Crippen molar-refractivity contribution in [2.75, 3.05) is 20.1 Å². The zero-order valence-corrected chi connectivity index (χ0v) is 14.2. The lowest BCUT2D eigenvalue weighted by Crippen LogP contribution is -2.38. The molecule has 0 atom stereocenters. The van der Waals surface area contributed by atoms with Gasteiger partial charge in [0, 0.05) is 36.3 Å². The maximum absolute atomic E-state index is 12.2. The maximum atomic E-state index is 12.2. The van der Waals surface area contributed by atoms with Crippen LogP contribution in [0.3, 0.4) is 0 Å². The molecule has 128 valence electrons. The lowest BCUT2D eigenvalue weighted by molar-refractivity contribution is -0.128. The van der Waals surface area contributed by atoms with Crippen molar-refractivity contribution < 1.29 is 9.59 Å². The highest BCUT2D eigenvalue weighted by Gasteiger charge is 2.12. The fourth-order valence-electron chi connectivity index (χ4n) is 2.73. The molecule has 0 aliphatic rings. The Balaban J connectivity index is 1.50. The summed E-state index contributed by atoms with van der Waals surface area (Å²) in [6, 6.07) is 17.0. The molecule has 3 rings (SSSR count). The van der Waals surface area contributed by atoms with Gasteiger partial charge >= 0.3 is 0 Å². The van der Waals surface area contributed by atoms with Crippen LogP contribution in [0.1, 0.15) is 15.9 Å². The van der Waals surface area contributed by atoms with Crippen LogP contribution < -0.4 is 5.32 Å². The first-order valence-corrected chi connectivity index (χ1v) is 8.27. The Morgan fingerprint density at radius 1 is 1.04 bits per heavy atom. The number of hydrogen-bond acceptors (Lipinski definition) is 2. The number of fused-ring (bicyclic) bond motifs is 1. The molecule has 3 aromatic rings. The highest BCUT2D eigenvalue weighted by Crippen LogP contribution is 2.18. The zero-order valence-electron chi connectivity index (χ0n) is 14.2. The van der Waals surface area contributed by atoms with Gasteiger partial charge in [0.1, 0.15) is 0 Å². The molecule has 0 unspecified atom stereocenters. The van der Waals surface area contributed by atoms with E-state index in [0.717, 1.165) is 11.9 Å². The molecule has 0 fully saturated rings. The average molecular weight is 335 g/mol. The number of rotatable bonds is 6. The summed E-state index contributed by atoms with van der Waals surface area (Å²) in [7, 11) is 1.76. The monoisotopic (exact) mass is 335 g/mol. The third-order valence-corrected chi connectivity index (χ3v) is 4.25. The van der Waals surface area contributed by atoms with Crippen LogP contribution >= 0.6 is 0 Å². The van der Waals surface area contributed by atoms with Crippen molar-refractivity contribution >= 4 is 22.7 Å². The predicted molar refractivity (Wildman–Crippen MR) is 98.4 cm³/mol. The Morgan fingerprint density at radius 2 is 1.76 bits per heavy atom. The van der Waals surface area contributed by atoms with Crippen molar-refractivity contribution in [2.24, 2.45) is 0 Å². The van der Waals surface area contributed by atoms with Crippen LogP contribution in [0, 0.1) is 0 Å². The minimum absolute atomic E-state index is 0.00187. The molecule has 2 amide bonds. The number of likely N-dealkylation sites (N-methyl/N-ethyl adjacent to an activating group) is 1. The summed E-state index contributed by atoms with van der Waals surface area (Å²) in [4.78, 5) is 29.1. The van der Waals surface area contributed by atoms with E-state index in [4.69, 9.17) is 0 Å². The van der Waals surface area contributed by atoms with E-state index in [-0.39, 0.29) is 18.4 Å². The molecule has 1 aromatic heterocycles. The van der Waals surface area contributed by atoms with Gasteiger partial charge < -0.3 is 15.2 Å². The molecule has 2 N–H and O–H groups in total. The minimum Gasteiger partial charge on any atom is -0.361 e. The lowest BCUT2D eigenvalue weighted by atomic mass is 10.1. The average Bonchev–Trinajstić information content (AvgIpc) is 3.07. The van der Waals surface area contributed by atoms with E-state index in [9.17, 15) is 9.59 Å². The number of aromatic nitrogens is 1. The molecule has 25 heavy (non-hydrogen) atoms. The first-order chi connectivity index (χ1) is 12.1. The Hall–Kier alpha value is -3.08. The zero-order chi connectivity index (χ0) is 17.6. The predicted octanol–water partition coefficient (Wildman–Crippen LogP) is 2.60. The number of benzene rings is 2. The quantitative estimate of drug-likeness (QED) is 0.727. The van der Waals surface area contributed by atoms with Crippen molar-refractivity contribution in [3.63, 3.8) is 0 Å². The van der Waals surface area contributed by atoms with Gasteiger partial charge in [0.15, 0.2) is 0 Å². The van der Waals surface area contributed by atoms with Crippen LogP contribution in [0.4, 0.5) is 0 Å². The maximum Gasteiger partial charge on any atom is 0.251 e. The van der Waals surface area contributed by atoms with Crippen molar-refractivity contribution in [1.29, 1.82) is 0 Å². The van der Waals surface area contributed by atoms with E-state index in [2.05, 4.69) is 16.4 Å². The summed E-state index contributed by atoms with van der Waals surface area (Å²) in [6.45, 7) is 0.597. The van der Waals surface area contributed by atoms with Gasteiger partial charge in [-0.3, -0.25) is 9.59 Å². The minimum atomic E-state index is -0.237. The van der Waals surface area contributed by atoms with E-state index in [1.54, 1.807) is 36.2 Å². The molecule has 1 heterocycles. The summed E-state index contributed by atoms with van der Waals surface area (Å²) < 4.78 is 0. The molecule has 0 aliphatic carbocycles. The SMILES string of the molecule is CN(CCc1c[nH]c2ccccc12)C(=O)CNC(=O)c1ccccc1. The van der Waals surface area contributed by atoms with E-state index in [0.29, 0.717) is 12.1 Å². The number of nitrogens with zero attached hydrogens (tertiary/aromatic N) is 1. The van der Waals surface area contributed by atoms with Gasteiger partial charge in [-0.05, 0) is 30.2 Å². The van der Waals surface area contributed by atoms with E-state index in [1.807, 2.05) is 30.5 Å². The molecular formula is C20H21N3O2. The van der Waals surface area contributed by atoms with Crippen molar-refractivity contribution in [3.8, 4) is 0 Å². The van der Waals surface area contributed by atoms with Gasteiger partial charge in [-0.1, -0.05) is 36.4 Å². The molecule has 0 radical (unpaired) electrons. The standard InChI is InChI=1S/C20H21N3O2/c1-23(12-11-16-13-21-18-10-6-5-9-17(16)18)19(24)14-22-20(25)15-7-3-2-4-8-15/h2-10,13,21H,11-12,14H2,1H3,(H,22,25). The summed E-state index contributed by atoms with van der Waals surface area (Å²) in [5.74, 6) is -0.344. The second-order valence-corrected chi connectivity index (χ2v) is 5.97. The lowest BCUT2D eigenvalue weighted by Gasteiger charge is -2.17. The topological polar surface area (TPSA) is 65.2 Å². The number of carbonyl (C=O) groups is 2. The van der Waals surface area contributed by atoms with E-state index in [1.165, 1.54) is 10.9 Å². The number of nitrogens with one attached hydrogen (secondary N) is 2. The van der Waals surface area contributed by atoms with Crippen LogP contribution in [0.2, 0.25) is 0 Å². The van der Waals surface area contributed by atoms with Crippen LogP contribution in [0.5, 0.6) is 0 Å². The van der Waals surface area contributed by atoms with Crippen LogP contribution in [0.15, 0.2) is 60.8 Å². The highest BCUT2D eigenvalue weighted by molar-refractivity contribution is 5.96. The summed E-state index contributed by atoms with van der Waals surface area (Å²) in [6.07, 6.45) is 2.75. The molecule has 0 saturated carbocycles. The smallest absolute Gasteiger partial charge is 0.251 e. The third-order valence-electron chi connectivity index (χ3n) is 4.25. The highest BCUT2D eigenvalue weighted by atomic mass is 16.2. The molecular weight excluding hydrogens is 314 g/mol. The second kappa shape index (κ2) is 7.66.